The van der Waals surface area contributed by atoms with Gasteiger partial charge in [0.25, 0.3) is 0 Å². The van der Waals surface area contributed by atoms with Crippen LogP contribution >= 0.6 is 0 Å². The van der Waals surface area contributed by atoms with Gasteiger partial charge in [-0.2, -0.15) is 5.10 Å². The molecule has 0 fully saturated rings. The van der Waals surface area contributed by atoms with E-state index in [1.165, 1.54) is 37.8 Å². The van der Waals surface area contributed by atoms with E-state index in [-0.39, 0.29) is 0 Å². The molecule has 0 radical (unpaired) electrons. The zero-order valence-corrected chi connectivity index (χ0v) is 12.5. The van der Waals surface area contributed by atoms with E-state index in [0.29, 0.717) is 6.04 Å². The second kappa shape index (κ2) is 8.30. The Kier molecular flexibility index (Phi) is 7.02. The lowest BCUT2D eigenvalue weighted by Crippen LogP contribution is -2.24. The van der Waals surface area contributed by atoms with Gasteiger partial charge in [0.2, 0.25) is 0 Å². The third-order valence-corrected chi connectivity index (χ3v) is 3.33. The molecule has 0 aliphatic rings. The first-order valence-corrected chi connectivity index (χ1v) is 7.50. The molecule has 3 nitrogen and oxygen atoms in total. The number of rotatable bonds is 9. The van der Waals surface area contributed by atoms with Crippen molar-refractivity contribution in [2.45, 2.75) is 72.4 Å². The second-order valence-corrected chi connectivity index (χ2v) is 5.03. The van der Waals surface area contributed by atoms with Crippen LogP contribution in [-0.2, 0) is 6.54 Å². The van der Waals surface area contributed by atoms with Crippen molar-refractivity contribution in [3.05, 3.63) is 17.5 Å². The Bertz CT molecular complexity index is 330. The highest BCUT2D eigenvalue weighted by Crippen LogP contribution is 2.21. The molecule has 0 aromatic carbocycles. The van der Waals surface area contributed by atoms with Crippen molar-refractivity contribution in [3.8, 4) is 0 Å². The Balaban J connectivity index is 2.72. The molecule has 0 spiro atoms. The van der Waals surface area contributed by atoms with Crippen LogP contribution in [0.5, 0.6) is 0 Å². The molecule has 1 unspecified atom stereocenters. The molecule has 1 aromatic rings. The van der Waals surface area contributed by atoms with Gasteiger partial charge in [-0.05, 0) is 39.3 Å². The monoisotopic (exact) mass is 251 g/mol. The quantitative estimate of drug-likeness (QED) is 0.676. The Morgan fingerprint density at radius 2 is 2.00 bits per heavy atom. The summed E-state index contributed by atoms with van der Waals surface area (Å²) in [5.74, 6) is 0. The summed E-state index contributed by atoms with van der Waals surface area (Å²) in [6.07, 6.45) is 6.31. The van der Waals surface area contributed by atoms with E-state index in [1.54, 1.807) is 0 Å². The first-order chi connectivity index (χ1) is 8.72. The van der Waals surface area contributed by atoms with Crippen LogP contribution in [0.15, 0.2) is 6.07 Å². The van der Waals surface area contributed by atoms with Crippen LogP contribution in [-0.4, -0.2) is 16.3 Å². The van der Waals surface area contributed by atoms with Crippen LogP contribution < -0.4 is 5.32 Å². The molecule has 1 atom stereocenters. The average Bonchev–Trinajstić information content (AvgIpc) is 2.75. The molecule has 0 amide bonds. The summed E-state index contributed by atoms with van der Waals surface area (Å²) in [6, 6.07) is 2.71. The van der Waals surface area contributed by atoms with Gasteiger partial charge >= 0.3 is 0 Å². The van der Waals surface area contributed by atoms with Crippen LogP contribution in [0.4, 0.5) is 0 Å². The molecule has 3 heteroatoms. The standard InChI is InChI=1S/C15H29N3/c1-5-8-9-10-14(16-11-6-2)15-12-13(4)17-18(15)7-3/h12,14,16H,5-11H2,1-4H3. The predicted octanol–water partition coefficient (Wildman–Crippen LogP) is 3.83. The van der Waals surface area contributed by atoms with Gasteiger partial charge in [0.1, 0.15) is 0 Å². The molecule has 1 heterocycles. The topological polar surface area (TPSA) is 29.9 Å². The van der Waals surface area contributed by atoms with E-state index in [9.17, 15) is 0 Å². The van der Waals surface area contributed by atoms with Gasteiger partial charge in [0, 0.05) is 12.6 Å². The second-order valence-electron chi connectivity index (χ2n) is 5.03. The van der Waals surface area contributed by atoms with Crippen molar-refractivity contribution < 1.29 is 0 Å². The molecule has 18 heavy (non-hydrogen) atoms. The van der Waals surface area contributed by atoms with Crippen LogP contribution in [0, 0.1) is 6.92 Å². The molecule has 0 saturated heterocycles. The van der Waals surface area contributed by atoms with Crippen LogP contribution in [0.1, 0.15) is 70.3 Å². The number of hydrogen-bond donors (Lipinski definition) is 1. The summed E-state index contributed by atoms with van der Waals surface area (Å²) < 4.78 is 2.15. The third kappa shape index (κ3) is 4.45. The molecular weight excluding hydrogens is 222 g/mol. The predicted molar refractivity (Wildman–Crippen MR) is 77.8 cm³/mol. The van der Waals surface area contributed by atoms with Crippen molar-refractivity contribution in [1.29, 1.82) is 0 Å². The minimum absolute atomic E-state index is 0.470. The Labute approximate surface area is 112 Å². The molecular formula is C15H29N3. The lowest BCUT2D eigenvalue weighted by atomic mass is 10.0. The van der Waals surface area contributed by atoms with Gasteiger partial charge in [0.05, 0.1) is 11.4 Å². The maximum absolute atomic E-state index is 4.56. The summed E-state index contributed by atoms with van der Waals surface area (Å²) in [4.78, 5) is 0. The average molecular weight is 251 g/mol. The number of aromatic nitrogens is 2. The minimum atomic E-state index is 0.470. The molecule has 1 aromatic heterocycles. The molecule has 0 saturated carbocycles. The number of unbranched alkanes of at least 4 members (excludes halogenated alkanes) is 2. The van der Waals surface area contributed by atoms with Crippen molar-refractivity contribution in [2.24, 2.45) is 0 Å². The number of nitrogens with one attached hydrogen (secondary N) is 1. The Morgan fingerprint density at radius 3 is 2.61 bits per heavy atom. The van der Waals surface area contributed by atoms with E-state index < -0.39 is 0 Å². The van der Waals surface area contributed by atoms with Gasteiger partial charge in [-0.15, -0.1) is 0 Å². The summed E-state index contributed by atoms with van der Waals surface area (Å²) in [6.45, 7) is 10.8. The van der Waals surface area contributed by atoms with E-state index in [1.807, 2.05) is 0 Å². The molecule has 1 rings (SSSR count). The van der Waals surface area contributed by atoms with Crippen LogP contribution in [0.3, 0.4) is 0 Å². The Hall–Kier alpha value is -0.830. The summed E-state index contributed by atoms with van der Waals surface area (Å²) in [5.41, 5.74) is 2.49. The molecule has 1 N–H and O–H groups in total. The molecule has 0 aliphatic carbocycles. The van der Waals surface area contributed by atoms with E-state index in [0.717, 1.165) is 18.8 Å². The molecule has 0 aliphatic heterocycles. The number of nitrogens with zero attached hydrogens (tertiary/aromatic N) is 2. The SMILES string of the molecule is CCCCCC(NCCC)c1cc(C)nn1CC. The van der Waals surface area contributed by atoms with Crippen LogP contribution in [0.2, 0.25) is 0 Å². The fourth-order valence-electron chi connectivity index (χ4n) is 2.37. The number of hydrogen-bond acceptors (Lipinski definition) is 2. The fraction of sp³-hybridized carbons (Fsp3) is 0.800. The van der Waals surface area contributed by atoms with Crippen molar-refractivity contribution >= 4 is 0 Å². The summed E-state index contributed by atoms with van der Waals surface area (Å²) >= 11 is 0. The van der Waals surface area contributed by atoms with Gasteiger partial charge < -0.3 is 5.32 Å². The summed E-state index contributed by atoms with van der Waals surface area (Å²) in [7, 11) is 0. The van der Waals surface area contributed by atoms with Gasteiger partial charge in [-0.1, -0.05) is 33.1 Å². The van der Waals surface area contributed by atoms with Gasteiger partial charge in [0.15, 0.2) is 0 Å². The maximum Gasteiger partial charge on any atom is 0.0597 e. The number of aryl methyl sites for hydroxylation is 2. The van der Waals surface area contributed by atoms with E-state index in [2.05, 4.69) is 48.9 Å². The minimum Gasteiger partial charge on any atom is -0.309 e. The highest BCUT2D eigenvalue weighted by atomic mass is 15.3. The third-order valence-electron chi connectivity index (χ3n) is 3.33. The van der Waals surface area contributed by atoms with Gasteiger partial charge in [-0.25, -0.2) is 0 Å². The van der Waals surface area contributed by atoms with Crippen LogP contribution in [0.25, 0.3) is 0 Å². The van der Waals surface area contributed by atoms with E-state index >= 15 is 0 Å². The molecule has 0 bridgehead atoms. The maximum atomic E-state index is 4.56. The highest BCUT2D eigenvalue weighted by molar-refractivity contribution is 5.13. The van der Waals surface area contributed by atoms with Gasteiger partial charge in [-0.3, -0.25) is 4.68 Å². The first kappa shape index (κ1) is 15.2. The van der Waals surface area contributed by atoms with Crippen molar-refractivity contribution in [2.75, 3.05) is 6.54 Å². The fourth-order valence-corrected chi connectivity index (χ4v) is 2.37. The highest BCUT2D eigenvalue weighted by Gasteiger charge is 2.15. The van der Waals surface area contributed by atoms with E-state index in [4.69, 9.17) is 0 Å². The van der Waals surface area contributed by atoms with Crippen molar-refractivity contribution in [1.82, 2.24) is 15.1 Å². The molecule has 104 valence electrons. The smallest absolute Gasteiger partial charge is 0.0597 e. The lowest BCUT2D eigenvalue weighted by molar-refractivity contribution is 0.439. The lowest BCUT2D eigenvalue weighted by Gasteiger charge is -2.19. The van der Waals surface area contributed by atoms with Crippen molar-refractivity contribution in [3.63, 3.8) is 0 Å². The summed E-state index contributed by atoms with van der Waals surface area (Å²) in [5, 5.41) is 8.23. The zero-order valence-electron chi connectivity index (χ0n) is 12.5. The zero-order chi connectivity index (χ0) is 13.4. The normalized spacial score (nSPS) is 12.9. The largest absolute Gasteiger partial charge is 0.309 e. The first-order valence-electron chi connectivity index (χ1n) is 7.50. The Morgan fingerprint density at radius 1 is 1.22 bits per heavy atom.